The fourth-order valence-electron chi connectivity index (χ4n) is 2.02. The Hall–Kier alpha value is -0.385. The second kappa shape index (κ2) is 3.08. The van der Waals surface area contributed by atoms with E-state index in [2.05, 4.69) is 0 Å². The molecule has 4 nitrogen and oxygen atoms in total. The minimum atomic E-state index is -0.530. The van der Waals surface area contributed by atoms with Gasteiger partial charge in [0.2, 0.25) is 0 Å². The first-order valence-electron chi connectivity index (χ1n) is 4.18. The van der Waals surface area contributed by atoms with E-state index in [1.807, 2.05) is 0 Å². The zero-order valence-electron chi connectivity index (χ0n) is 7.78. The number of fused-ring (bicyclic) bond motifs is 2. The molecule has 0 spiro atoms. The Bertz CT molecular complexity index is 232. The molecule has 13 heavy (non-hydrogen) atoms. The summed E-state index contributed by atoms with van der Waals surface area (Å²) in [5, 5.41) is 0. The van der Waals surface area contributed by atoms with Crippen molar-refractivity contribution in [2.24, 2.45) is 0 Å². The summed E-state index contributed by atoms with van der Waals surface area (Å²) in [4.78, 5) is 0. The summed E-state index contributed by atoms with van der Waals surface area (Å²) >= 11 is 0. The third-order valence-electron chi connectivity index (χ3n) is 2.54. The third kappa shape index (κ3) is 1.15. The Morgan fingerprint density at radius 2 is 2.38 bits per heavy atom. The molecule has 3 atom stereocenters. The summed E-state index contributed by atoms with van der Waals surface area (Å²) in [5.74, 6) is 0. The second-order valence-corrected chi connectivity index (χ2v) is 3.39. The van der Waals surface area contributed by atoms with E-state index in [9.17, 15) is 0 Å². The van der Waals surface area contributed by atoms with Gasteiger partial charge in [-0.1, -0.05) is 0 Å². The van der Waals surface area contributed by atoms with Gasteiger partial charge in [0, 0.05) is 0 Å². The van der Waals surface area contributed by atoms with Gasteiger partial charge in [-0.3, -0.25) is 0 Å². The molecule has 0 aromatic carbocycles. The molecule has 5 heteroatoms. The normalized spacial score (nSPS) is 42.4. The van der Waals surface area contributed by atoms with Gasteiger partial charge in [0.25, 0.3) is 0 Å². The molecular formula is C8H12BO4. The molecule has 2 aliphatic heterocycles. The molecule has 2 rings (SSSR count). The van der Waals surface area contributed by atoms with Crippen molar-refractivity contribution < 1.29 is 18.9 Å². The molecule has 0 N–H and O–H groups in total. The van der Waals surface area contributed by atoms with Gasteiger partial charge >= 0.3 is 77.3 Å². The number of methoxy groups -OCH3 is 2. The molecular weight excluding hydrogens is 171 g/mol. The van der Waals surface area contributed by atoms with Crippen molar-refractivity contribution in [3.05, 3.63) is 0 Å². The monoisotopic (exact) mass is 183 g/mol. The fourth-order valence-corrected chi connectivity index (χ4v) is 2.02. The van der Waals surface area contributed by atoms with Gasteiger partial charge in [-0.05, 0) is 0 Å². The number of hydrogen-bond acceptors (Lipinski definition) is 4. The first kappa shape index (κ1) is 9.18. The van der Waals surface area contributed by atoms with Crippen LogP contribution in [0.1, 0.15) is 0 Å². The molecule has 2 fully saturated rings. The molecule has 0 unspecified atom stereocenters. The predicted molar refractivity (Wildman–Crippen MR) is 47.0 cm³/mol. The average molecular weight is 183 g/mol. The standard InChI is InChI=1S/C8H12BO4/c1-10-3-8-4-12-5(6(8)11-2)7(9)13-8/h5-6H,3-4H2,1-2H3/t5-,6+,8+/m0/s1. The SMILES string of the molecule is [B]=C1O[C@]2(COC)CO[C@H]1[C@H]2OC. The zero-order chi connectivity index (χ0) is 9.47. The van der Waals surface area contributed by atoms with E-state index in [1.165, 1.54) is 0 Å². The Morgan fingerprint density at radius 3 is 2.92 bits per heavy atom. The Balaban J connectivity index is 2.22. The molecule has 2 bridgehead atoms. The van der Waals surface area contributed by atoms with Crippen LogP contribution in [0.5, 0.6) is 0 Å². The molecule has 2 heterocycles. The molecule has 0 aromatic heterocycles. The van der Waals surface area contributed by atoms with E-state index >= 15 is 0 Å². The Kier molecular flexibility index (Phi) is 2.17. The van der Waals surface area contributed by atoms with E-state index in [0.29, 0.717) is 18.9 Å². The summed E-state index contributed by atoms with van der Waals surface area (Å²) in [5.41, 5.74) is -0.131. The van der Waals surface area contributed by atoms with Crippen LogP contribution in [0.3, 0.4) is 0 Å². The Morgan fingerprint density at radius 1 is 1.62 bits per heavy atom. The summed E-state index contributed by atoms with van der Waals surface area (Å²) in [6.45, 7) is 0.910. The van der Waals surface area contributed by atoms with Gasteiger partial charge in [-0.2, -0.15) is 0 Å². The van der Waals surface area contributed by atoms with Crippen LogP contribution in [-0.2, 0) is 18.9 Å². The first-order valence-corrected chi connectivity index (χ1v) is 4.18. The van der Waals surface area contributed by atoms with E-state index in [-0.39, 0.29) is 12.2 Å². The van der Waals surface area contributed by atoms with Gasteiger partial charge in [-0.15, -0.1) is 0 Å². The first-order chi connectivity index (χ1) is 6.23. The quantitative estimate of drug-likeness (QED) is 0.532. The van der Waals surface area contributed by atoms with E-state index in [1.54, 1.807) is 14.2 Å². The molecule has 0 saturated carbocycles. The van der Waals surface area contributed by atoms with Crippen molar-refractivity contribution in [1.82, 2.24) is 0 Å². The summed E-state index contributed by atoms with van der Waals surface area (Å²) < 4.78 is 21.3. The molecule has 0 aromatic rings. The van der Waals surface area contributed by atoms with Gasteiger partial charge < -0.3 is 0 Å². The molecule has 0 amide bonds. The van der Waals surface area contributed by atoms with Crippen LogP contribution in [0.25, 0.3) is 0 Å². The number of hydrogen-bond donors (Lipinski definition) is 0. The zero-order valence-corrected chi connectivity index (χ0v) is 7.78. The van der Waals surface area contributed by atoms with Crippen LogP contribution in [0.4, 0.5) is 0 Å². The van der Waals surface area contributed by atoms with Crippen molar-refractivity contribution in [2.45, 2.75) is 17.8 Å². The van der Waals surface area contributed by atoms with Crippen LogP contribution >= 0.6 is 0 Å². The summed E-state index contributed by atoms with van der Waals surface area (Å²) in [6, 6.07) is 0. The molecule has 71 valence electrons. The minimum absolute atomic E-state index is 0.146. The fraction of sp³-hybridized carbons (Fsp3) is 0.875. The van der Waals surface area contributed by atoms with Crippen molar-refractivity contribution >= 4 is 13.1 Å². The molecule has 0 aliphatic carbocycles. The van der Waals surface area contributed by atoms with E-state index in [0.717, 1.165) is 0 Å². The molecule has 2 saturated heterocycles. The Labute approximate surface area is 78.2 Å². The third-order valence-corrected chi connectivity index (χ3v) is 2.54. The van der Waals surface area contributed by atoms with Gasteiger partial charge in [0.15, 0.2) is 0 Å². The predicted octanol–water partition coefficient (Wildman–Crippen LogP) is -0.886. The van der Waals surface area contributed by atoms with Crippen LogP contribution in [0.15, 0.2) is 0 Å². The van der Waals surface area contributed by atoms with Crippen molar-refractivity contribution in [3.63, 3.8) is 0 Å². The maximum atomic E-state index is 5.64. The van der Waals surface area contributed by atoms with Crippen LogP contribution < -0.4 is 0 Å². The van der Waals surface area contributed by atoms with Crippen molar-refractivity contribution in [3.8, 4) is 0 Å². The molecule has 1 radical (unpaired) electrons. The number of rotatable bonds is 3. The van der Waals surface area contributed by atoms with Crippen molar-refractivity contribution in [2.75, 3.05) is 27.4 Å². The van der Waals surface area contributed by atoms with E-state index in [4.69, 9.17) is 26.4 Å². The topological polar surface area (TPSA) is 36.9 Å². The van der Waals surface area contributed by atoms with E-state index < -0.39 is 5.60 Å². The number of ether oxygens (including phenoxy) is 4. The maximum absolute atomic E-state index is 5.64. The summed E-state index contributed by atoms with van der Waals surface area (Å²) in [6.07, 6.45) is -0.382. The van der Waals surface area contributed by atoms with Crippen molar-refractivity contribution in [1.29, 1.82) is 0 Å². The van der Waals surface area contributed by atoms with Gasteiger partial charge in [0.05, 0.1) is 0 Å². The summed E-state index contributed by atoms with van der Waals surface area (Å²) in [7, 11) is 8.88. The molecule has 2 aliphatic rings. The van der Waals surface area contributed by atoms with Crippen LogP contribution in [0, 0.1) is 0 Å². The average Bonchev–Trinajstić information content (AvgIpc) is 2.55. The van der Waals surface area contributed by atoms with Gasteiger partial charge in [-0.25, -0.2) is 0 Å². The van der Waals surface area contributed by atoms with Crippen LogP contribution in [0.2, 0.25) is 0 Å². The second-order valence-electron chi connectivity index (χ2n) is 3.39. The van der Waals surface area contributed by atoms with Gasteiger partial charge in [0.1, 0.15) is 0 Å². The van der Waals surface area contributed by atoms with Crippen LogP contribution in [-0.4, -0.2) is 58.4 Å².